The highest BCUT2D eigenvalue weighted by Gasteiger charge is 2.40. The molecule has 1 aliphatic heterocycles. The van der Waals surface area contributed by atoms with Gasteiger partial charge >= 0.3 is 12.0 Å². The molecule has 0 aromatic heterocycles. The number of urea groups is 1. The van der Waals surface area contributed by atoms with E-state index in [1.54, 1.807) is 25.1 Å². The lowest BCUT2D eigenvalue weighted by atomic mass is 9.87. The first-order valence-corrected chi connectivity index (χ1v) is 7.91. The minimum Gasteiger partial charge on any atom is -0.497 e. The highest BCUT2D eigenvalue weighted by atomic mass is 35.5. The number of benzene rings is 1. The summed E-state index contributed by atoms with van der Waals surface area (Å²) < 4.78 is 15.7. The number of carbonyl (C=O) groups is 2. The second kappa shape index (κ2) is 8.01. The van der Waals surface area contributed by atoms with Crippen molar-refractivity contribution >= 4 is 29.3 Å². The summed E-state index contributed by atoms with van der Waals surface area (Å²) in [6.45, 7) is 1.92. The van der Waals surface area contributed by atoms with E-state index in [1.165, 1.54) is 14.2 Å². The Balaban J connectivity index is 2.50. The van der Waals surface area contributed by atoms with Crippen molar-refractivity contribution in [1.29, 1.82) is 0 Å². The molecule has 7 nitrogen and oxygen atoms in total. The van der Waals surface area contributed by atoms with Crippen molar-refractivity contribution < 1.29 is 23.8 Å². The fourth-order valence-corrected chi connectivity index (χ4v) is 2.82. The number of aliphatic imine (C=N–C) groups is 1. The largest absolute Gasteiger partial charge is 0.497 e. The van der Waals surface area contributed by atoms with E-state index >= 15 is 0 Å². The molecule has 0 saturated carbocycles. The first-order chi connectivity index (χ1) is 11.5. The Bertz CT molecular complexity index is 662. The fourth-order valence-electron chi connectivity index (χ4n) is 2.59. The van der Waals surface area contributed by atoms with Crippen molar-refractivity contribution in [2.45, 2.75) is 13.0 Å². The Morgan fingerprint density at radius 1 is 1.33 bits per heavy atom. The molecule has 1 aliphatic rings. The Labute approximate surface area is 144 Å². The van der Waals surface area contributed by atoms with E-state index in [4.69, 9.17) is 25.8 Å². The average molecular weight is 355 g/mol. The van der Waals surface area contributed by atoms with Gasteiger partial charge in [-0.2, -0.15) is 0 Å². The van der Waals surface area contributed by atoms with E-state index in [0.29, 0.717) is 17.1 Å². The van der Waals surface area contributed by atoms with Crippen LogP contribution in [0.25, 0.3) is 0 Å². The molecular weight excluding hydrogens is 336 g/mol. The van der Waals surface area contributed by atoms with Gasteiger partial charge in [0.05, 0.1) is 38.5 Å². The minimum absolute atomic E-state index is 0.0497. The van der Waals surface area contributed by atoms with Crippen LogP contribution in [0.4, 0.5) is 4.79 Å². The number of nitrogens with one attached hydrogen (secondary N) is 1. The summed E-state index contributed by atoms with van der Waals surface area (Å²) in [5, 5.41) is 2.69. The molecular formula is C16H19ClN2O5. The molecule has 1 aromatic carbocycles. The molecule has 0 aliphatic carbocycles. The molecule has 1 N–H and O–H groups in total. The zero-order chi connectivity index (χ0) is 17.7. The average Bonchev–Trinajstić information content (AvgIpc) is 2.60. The van der Waals surface area contributed by atoms with Crippen LogP contribution in [-0.4, -0.2) is 44.4 Å². The SMILES string of the molecule is CCOC(=O)C1C(CCl)=NC(=O)NC1c1ccc(OC)cc1OC. The standard InChI is InChI=1S/C16H19ClN2O5/c1-4-24-15(20)13-11(8-17)18-16(21)19-14(13)10-6-5-9(22-2)7-12(10)23-3/h5-7,13-14H,4,8H2,1-3H3,(H,19,21). The van der Waals surface area contributed by atoms with Crippen LogP contribution in [0, 0.1) is 5.92 Å². The number of hydrogen-bond acceptors (Lipinski definition) is 5. The molecule has 1 aromatic rings. The van der Waals surface area contributed by atoms with Crippen molar-refractivity contribution in [2.24, 2.45) is 10.9 Å². The second-order valence-electron chi connectivity index (χ2n) is 5.00. The molecule has 130 valence electrons. The highest BCUT2D eigenvalue weighted by molar-refractivity contribution is 6.32. The maximum atomic E-state index is 12.4. The van der Waals surface area contributed by atoms with E-state index in [-0.39, 0.29) is 18.2 Å². The third-order valence-electron chi connectivity index (χ3n) is 3.67. The normalized spacial score (nSPS) is 20.0. The highest BCUT2D eigenvalue weighted by Crippen LogP contribution is 2.36. The predicted octanol–water partition coefficient (Wildman–Crippen LogP) is 2.33. The first-order valence-electron chi connectivity index (χ1n) is 7.38. The van der Waals surface area contributed by atoms with E-state index < -0.39 is 24.0 Å². The minimum atomic E-state index is -0.817. The maximum absolute atomic E-state index is 12.4. The van der Waals surface area contributed by atoms with Crippen LogP contribution in [0.5, 0.6) is 11.5 Å². The molecule has 24 heavy (non-hydrogen) atoms. The summed E-state index contributed by atoms with van der Waals surface area (Å²) >= 11 is 5.89. The van der Waals surface area contributed by atoms with Crippen LogP contribution < -0.4 is 14.8 Å². The summed E-state index contributed by atoms with van der Waals surface area (Å²) in [4.78, 5) is 28.1. The molecule has 2 unspecified atom stereocenters. The van der Waals surface area contributed by atoms with Crippen LogP contribution in [0.2, 0.25) is 0 Å². The monoisotopic (exact) mass is 354 g/mol. The summed E-state index contributed by atoms with van der Waals surface area (Å²) in [6.07, 6.45) is 0. The van der Waals surface area contributed by atoms with Gasteiger partial charge in [0.2, 0.25) is 0 Å². The van der Waals surface area contributed by atoms with Gasteiger partial charge in [0.15, 0.2) is 0 Å². The van der Waals surface area contributed by atoms with Gasteiger partial charge in [-0.15, -0.1) is 11.6 Å². The second-order valence-corrected chi connectivity index (χ2v) is 5.27. The van der Waals surface area contributed by atoms with E-state index in [9.17, 15) is 9.59 Å². The summed E-state index contributed by atoms with van der Waals surface area (Å²) in [7, 11) is 3.04. The zero-order valence-electron chi connectivity index (χ0n) is 13.7. The number of rotatable bonds is 6. The summed E-state index contributed by atoms with van der Waals surface area (Å²) in [5.74, 6) is -0.296. The number of methoxy groups -OCH3 is 2. The Morgan fingerprint density at radius 2 is 2.08 bits per heavy atom. The van der Waals surface area contributed by atoms with Crippen molar-refractivity contribution in [2.75, 3.05) is 26.7 Å². The molecule has 0 bridgehead atoms. The van der Waals surface area contributed by atoms with Gasteiger partial charge in [0.1, 0.15) is 17.4 Å². The number of halogens is 1. The van der Waals surface area contributed by atoms with Gasteiger partial charge < -0.3 is 19.5 Å². The van der Waals surface area contributed by atoms with E-state index in [1.807, 2.05) is 0 Å². The van der Waals surface area contributed by atoms with Crippen LogP contribution in [0.1, 0.15) is 18.5 Å². The lowest BCUT2D eigenvalue weighted by molar-refractivity contribution is -0.146. The summed E-state index contributed by atoms with van der Waals surface area (Å²) in [5.41, 5.74) is 0.879. The third kappa shape index (κ3) is 3.62. The lowest BCUT2D eigenvalue weighted by Gasteiger charge is -2.31. The smallest absolute Gasteiger partial charge is 0.341 e. The van der Waals surface area contributed by atoms with Crippen LogP contribution in [0.3, 0.4) is 0 Å². The van der Waals surface area contributed by atoms with Crippen LogP contribution >= 0.6 is 11.6 Å². The molecule has 2 amide bonds. The van der Waals surface area contributed by atoms with Crippen LogP contribution in [-0.2, 0) is 9.53 Å². The Hall–Kier alpha value is -2.28. The number of amides is 2. The number of alkyl halides is 1. The number of ether oxygens (including phenoxy) is 3. The van der Waals surface area contributed by atoms with E-state index in [0.717, 1.165) is 0 Å². The topological polar surface area (TPSA) is 86.2 Å². The lowest BCUT2D eigenvalue weighted by Crippen LogP contribution is -2.45. The van der Waals surface area contributed by atoms with Crippen molar-refractivity contribution in [3.8, 4) is 11.5 Å². The molecule has 2 atom stereocenters. The predicted molar refractivity (Wildman–Crippen MR) is 89.1 cm³/mol. The van der Waals surface area contributed by atoms with Gasteiger partial charge in [-0.1, -0.05) is 0 Å². The number of hydrogen-bond donors (Lipinski definition) is 1. The number of nitrogens with zero attached hydrogens (tertiary/aromatic N) is 1. The van der Waals surface area contributed by atoms with Gasteiger partial charge in [-0.05, 0) is 19.1 Å². The summed E-state index contributed by atoms with van der Waals surface area (Å²) in [6, 6.07) is 3.87. The first kappa shape index (κ1) is 18.1. The molecule has 8 heteroatoms. The number of carbonyl (C=O) groups excluding carboxylic acids is 2. The van der Waals surface area contributed by atoms with Gasteiger partial charge in [-0.3, -0.25) is 4.79 Å². The number of esters is 1. The zero-order valence-corrected chi connectivity index (χ0v) is 14.4. The van der Waals surface area contributed by atoms with Crippen molar-refractivity contribution in [3.63, 3.8) is 0 Å². The van der Waals surface area contributed by atoms with Crippen LogP contribution in [0.15, 0.2) is 23.2 Å². The third-order valence-corrected chi connectivity index (χ3v) is 3.94. The maximum Gasteiger partial charge on any atom is 0.341 e. The van der Waals surface area contributed by atoms with Crippen molar-refractivity contribution in [1.82, 2.24) is 5.32 Å². The molecule has 0 spiro atoms. The molecule has 0 fully saturated rings. The van der Waals surface area contributed by atoms with Crippen molar-refractivity contribution in [3.05, 3.63) is 23.8 Å². The molecule has 0 radical (unpaired) electrons. The van der Waals surface area contributed by atoms with Gasteiger partial charge in [0.25, 0.3) is 0 Å². The van der Waals surface area contributed by atoms with E-state index in [2.05, 4.69) is 10.3 Å². The molecule has 1 heterocycles. The Kier molecular flexibility index (Phi) is 6.03. The molecule has 2 rings (SSSR count). The fraction of sp³-hybridized carbons (Fsp3) is 0.438. The van der Waals surface area contributed by atoms with Gasteiger partial charge in [-0.25, -0.2) is 9.79 Å². The molecule has 0 saturated heterocycles. The quantitative estimate of drug-likeness (QED) is 0.626. The Morgan fingerprint density at radius 3 is 2.67 bits per heavy atom. The van der Waals surface area contributed by atoms with Gasteiger partial charge in [0, 0.05) is 11.6 Å².